The van der Waals surface area contributed by atoms with Crippen LogP contribution in [0.5, 0.6) is 0 Å². The molecule has 92 valence electrons. The Labute approximate surface area is 102 Å². The van der Waals surface area contributed by atoms with Crippen molar-refractivity contribution in [2.45, 2.75) is 13.0 Å². The molecule has 0 unspecified atom stereocenters. The van der Waals surface area contributed by atoms with Gasteiger partial charge in [-0.15, -0.1) is 0 Å². The maximum absolute atomic E-state index is 10.9. The van der Waals surface area contributed by atoms with Crippen LogP contribution in [0.2, 0.25) is 0 Å². The van der Waals surface area contributed by atoms with Crippen molar-refractivity contribution in [3.8, 4) is 0 Å². The fourth-order valence-corrected chi connectivity index (χ4v) is 2.13. The van der Waals surface area contributed by atoms with Crippen LogP contribution in [0, 0.1) is 0 Å². The van der Waals surface area contributed by atoms with E-state index in [4.69, 9.17) is 0 Å². The Morgan fingerprint density at radius 3 is 2.94 bits per heavy atom. The summed E-state index contributed by atoms with van der Waals surface area (Å²) in [6.45, 7) is 3.52. The van der Waals surface area contributed by atoms with Crippen LogP contribution in [0.15, 0.2) is 24.3 Å². The predicted octanol–water partition coefficient (Wildman–Crippen LogP) is 1.40. The Kier molecular flexibility index (Phi) is 3.98. The Bertz CT molecular complexity index is 393. The topological polar surface area (TPSA) is 41.6 Å². The summed E-state index contributed by atoms with van der Waals surface area (Å²) in [5.74, 6) is 0. The molecule has 1 N–H and O–H groups in total. The van der Waals surface area contributed by atoms with Crippen molar-refractivity contribution in [3.05, 3.63) is 35.4 Å². The van der Waals surface area contributed by atoms with E-state index in [0.717, 1.165) is 26.1 Å². The molecule has 1 aliphatic heterocycles. The van der Waals surface area contributed by atoms with Crippen LogP contribution in [0.3, 0.4) is 0 Å². The number of methoxy groups -OCH3 is 1. The zero-order valence-corrected chi connectivity index (χ0v) is 10.1. The second kappa shape index (κ2) is 5.68. The summed E-state index contributed by atoms with van der Waals surface area (Å²) in [7, 11) is 1.38. The number of alkyl carbamates (subject to hydrolysis) is 1. The van der Waals surface area contributed by atoms with Crippen molar-refractivity contribution in [2.24, 2.45) is 0 Å². The summed E-state index contributed by atoms with van der Waals surface area (Å²) < 4.78 is 4.53. The van der Waals surface area contributed by atoms with Crippen LogP contribution in [0.4, 0.5) is 4.79 Å². The largest absolute Gasteiger partial charge is 0.453 e. The van der Waals surface area contributed by atoms with Gasteiger partial charge < -0.3 is 10.1 Å². The van der Waals surface area contributed by atoms with E-state index in [1.54, 1.807) is 0 Å². The molecule has 17 heavy (non-hydrogen) atoms. The van der Waals surface area contributed by atoms with Gasteiger partial charge in [-0.3, -0.25) is 4.90 Å². The van der Waals surface area contributed by atoms with Crippen molar-refractivity contribution in [1.29, 1.82) is 0 Å². The average molecular weight is 234 g/mol. The number of ether oxygens (including phenoxy) is 1. The van der Waals surface area contributed by atoms with Gasteiger partial charge in [0.25, 0.3) is 0 Å². The summed E-state index contributed by atoms with van der Waals surface area (Å²) in [5, 5.41) is 2.70. The maximum atomic E-state index is 10.9. The maximum Gasteiger partial charge on any atom is 0.406 e. The average Bonchev–Trinajstić information content (AvgIpc) is 2.38. The number of benzene rings is 1. The smallest absolute Gasteiger partial charge is 0.406 e. The second-order valence-electron chi connectivity index (χ2n) is 4.21. The summed E-state index contributed by atoms with van der Waals surface area (Å²) in [6, 6.07) is 8.54. The lowest BCUT2D eigenvalue weighted by Crippen LogP contribution is -2.37. The molecule has 0 saturated carbocycles. The molecule has 0 bridgehead atoms. The number of carbonyl (C=O) groups is 1. The number of amides is 1. The Hall–Kier alpha value is -1.55. The lowest BCUT2D eigenvalue weighted by atomic mass is 10.00. The van der Waals surface area contributed by atoms with Crippen molar-refractivity contribution < 1.29 is 9.53 Å². The van der Waals surface area contributed by atoms with E-state index in [0.29, 0.717) is 6.54 Å². The minimum absolute atomic E-state index is 0.359. The third-order valence-electron chi connectivity index (χ3n) is 3.09. The molecule has 1 aromatic carbocycles. The first-order chi connectivity index (χ1) is 8.29. The number of nitrogens with one attached hydrogen (secondary N) is 1. The van der Waals surface area contributed by atoms with Crippen LogP contribution >= 0.6 is 0 Å². The van der Waals surface area contributed by atoms with Crippen LogP contribution < -0.4 is 5.32 Å². The summed E-state index contributed by atoms with van der Waals surface area (Å²) in [6.07, 6.45) is 0.733. The van der Waals surface area contributed by atoms with Gasteiger partial charge in [0.05, 0.1) is 7.11 Å². The van der Waals surface area contributed by atoms with Crippen molar-refractivity contribution >= 4 is 6.09 Å². The van der Waals surface area contributed by atoms with Gasteiger partial charge in [-0.05, 0) is 17.5 Å². The van der Waals surface area contributed by atoms with Gasteiger partial charge >= 0.3 is 6.09 Å². The van der Waals surface area contributed by atoms with Gasteiger partial charge in [0.15, 0.2) is 0 Å². The van der Waals surface area contributed by atoms with Crippen LogP contribution in [-0.2, 0) is 17.7 Å². The molecule has 1 aliphatic rings. The first-order valence-corrected chi connectivity index (χ1v) is 5.90. The molecule has 0 radical (unpaired) electrons. The number of carbonyl (C=O) groups excluding carboxylic acids is 1. The number of hydrogen-bond donors (Lipinski definition) is 1. The molecule has 1 aromatic rings. The molecule has 0 aromatic heterocycles. The third kappa shape index (κ3) is 3.20. The highest BCUT2D eigenvalue weighted by molar-refractivity contribution is 5.66. The van der Waals surface area contributed by atoms with Crippen molar-refractivity contribution in [1.82, 2.24) is 10.2 Å². The van der Waals surface area contributed by atoms with E-state index in [9.17, 15) is 4.79 Å². The van der Waals surface area contributed by atoms with E-state index < -0.39 is 0 Å². The third-order valence-corrected chi connectivity index (χ3v) is 3.09. The molecule has 0 fully saturated rings. The molecule has 2 rings (SSSR count). The van der Waals surface area contributed by atoms with E-state index in [-0.39, 0.29) is 6.09 Å². The Morgan fingerprint density at radius 1 is 1.41 bits per heavy atom. The Morgan fingerprint density at radius 2 is 2.18 bits per heavy atom. The van der Waals surface area contributed by atoms with Crippen LogP contribution in [-0.4, -0.2) is 37.7 Å². The van der Waals surface area contributed by atoms with E-state index in [2.05, 4.69) is 39.2 Å². The highest BCUT2D eigenvalue weighted by Crippen LogP contribution is 2.17. The summed E-state index contributed by atoms with van der Waals surface area (Å²) in [4.78, 5) is 13.2. The molecule has 1 amide bonds. The molecule has 0 spiro atoms. The monoisotopic (exact) mass is 234 g/mol. The van der Waals surface area contributed by atoms with Crippen LogP contribution in [0.25, 0.3) is 0 Å². The van der Waals surface area contributed by atoms with Gasteiger partial charge in [0.1, 0.15) is 0 Å². The standard InChI is InChI=1S/C13H18N2O2/c1-17-13(16)14-7-9-15-8-6-11-4-2-3-5-12(11)10-15/h2-5H,6-10H2,1H3,(H,14,16). The SMILES string of the molecule is COC(=O)NCCN1CCc2ccccc2C1. The van der Waals surface area contributed by atoms with Crippen molar-refractivity contribution in [3.63, 3.8) is 0 Å². The highest BCUT2D eigenvalue weighted by Gasteiger charge is 2.15. The van der Waals surface area contributed by atoms with Crippen molar-refractivity contribution in [2.75, 3.05) is 26.7 Å². The van der Waals surface area contributed by atoms with Gasteiger partial charge in [0.2, 0.25) is 0 Å². The second-order valence-corrected chi connectivity index (χ2v) is 4.21. The fourth-order valence-electron chi connectivity index (χ4n) is 2.13. The lowest BCUT2D eigenvalue weighted by molar-refractivity contribution is 0.167. The number of hydrogen-bond acceptors (Lipinski definition) is 3. The zero-order valence-electron chi connectivity index (χ0n) is 10.1. The van der Waals surface area contributed by atoms with Gasteiger partial charge in [0, 0.05) is 26.2 Å². The van der Waals surface area contributed by atoms with Crippen LogP contribution in [0.1, 0.15) is 11.1 Å². The highest BCUT2D eigenvalue weighted by atomic mass is 16.5. The minimum atomic E-state index is -0.359. The molecule has 0 atom stereocenters. The molecule has 0 saturated heterocycles. The van der Waals surface area contributed by atoms with E-state index in [1.807, 2.05) is 0 Å². The molecule has 4 nitrogen and oxygen atoms in total. The molecule has 1 heterocycles. The van der Waals surface area contributed by atoms with Gasteiger partial charge in [-0.2, -0.15) is 0 Å². The summed E-state index contributed by atoms with van der Waals surface area (Å²) in [5.41, 5.74) is 2.85. The number of nitrogens with zero attached hydrogens (tertiary/aromatic N) is 1. The van der Waals surface area contributed by atoms with Gasteiger partial charge in [-0.25, -0.2) is 4.79 Å². The van der Waals surface area contributed by atoms with E-state index >= 15 is 0 Å². The normalized spacial score (nSPS) is 15.1. The number of fused-ring (bicyclic) bond motifs is 1. The zero-order chi connectivity index (χ0) is 12.1. The minimum Gasteiger partial charge on any atom is -0.453 e. The molecular formula is C13H18N2O2. The molecule has 0 aliphatic carbocycles. The lowest BCUT2D eigenvalue weighted by Gasteiger charge is -2.28. The van der Waals surface area contributed by atoms with E-state index in [1.165, 1.54) is 18.2 Å². The summed E-state index contributed by atoms with van der Waals surface area (Å²) >= 11 is 0. The fraction of sp³-hybridized carbons (Fsp3) is 0.462. The first-order valence-electron chi connectivity index (χ1n) is 5.90. The Balaban J connectivity index is 1.80. The quantitative estimate of drug-likeness (QED) is 0.859. The molecular weight excluding hydrogens is 216 g/mol. The first kappa shape index (κ1) is 11.9. The molecule has 4 heteroatoms. The number of rotatable bonds is 3. The van der Waals surface area contributed by atoms with Gasteiger partial charge in [-0.1, -0.05) is 24.3 Å². The predicted molar refractivity (Wildman–Crippen MR) is 65.8 cm³/mol.